The quantitative estimate of drug-likeness (QED) is 0.813. The standard InChI is InChI=1S/C19H24N4O2S/c1-19(2,3)14-8-6-12(7-9-14)16(25)20-11-10-15(24)21-18-23-22-17(26-18)13-4-5-13/h6-9,13H,4-5,10-11H2,1-3H3,(H,20,25)(H,21,23,24). The molecule has 138 valence electrons. The second kappa shape index (κ2) is 7.53. The molecule has 0 radical (unpaired) electrons. The molecule has 7 heteroatoms. The largest absolute Gasteiger partial charge is 0.352 e. The molecule has 1 aromatic carbocycles. The van der Waals surface area contributed by atoms with E-state index in [0.29, 0.717) is 16.6 Å². The van der Waals surface area contributed by atoms with E-state index < -0.39 is 0 Å². The number of hydrogen-bond acceptors (Lipinski definition) is 5. The Morgan fingerprint density at radius 3 is 2.46 bits per heavy atom. The van der Waals surface area contributed by atoms with Gasteiger partial charge in [0.2, 0.25) is 11.0 Å². The Morgan fingerprint density at radius 1 is 1.15 bits per heavy atom. The van der Waals surface area contributed by atoms with Gasteiger partial charge in [-0.25, -0.2) is 0 Å². The van der Waals surface area contributed by atoms with E-state index in [0.717, 1.165) is 17.8 Å². The molecule has 0 spiro atoms. The predicted molar refractivity (Wildman–Crippen MR) is 103 cm³/mol. The van der Waals surface area contributed by atoms with Crippen molar-refractivity contribution in [2.45, 2.75) is 51.4 Å². The average Bonchev–Trinajstić information content (AvgIpc) is 3.34. The molecule has 1 aliphatic rings. The van der Waals surface area contributed by atoms with E-state index in [4.69, 9.17) is 0 Å². The summed E-state index contributed by atoms with van der Waals surface area (Å²) >= 11 is 1.43. The molecule has 1 saturated carbocycles. The Bertz CT molecular complexity index is 789. The van der Waals surface area contributed by atoms with E-state index >= 15 is 0 Å². The summed E-state index contributed by atoms with van der Waals surface area (Å²) in [5.74, 6) is 0.180. The predicted octanol–water partition coefficient (Wildman–Crippen LogP) is 3.47. The van der Waals surface area contributed by atoms with Gasteiger partial charge in [-0.2, -0.15) is 0 Å². The minimum atomic E-state index is -0.176. The summed E-state index contributed by atoms with van der Waals surface area (Å²) in [4.78, 5) is 24.1. The highest BCUT2D eigenvalue weighted by molar-refractivity contribution is 7.15. The SMILES string of the molecule is CC(C)(C)c1ccc(C(=O)NCCC(=O)Nc2nnc(C3CC3)s2)cc1. The summed E-state index contributed by atoms with van der Waals surface area (Å²) in [6.07, 6.45) is 2.51. The molecule has 0 atom stereocenters. The van der Waals surface area contributed by atoms with Crippen LogP contribution in [0.15, 0.2) is 24.3 Å². The minimum absolute atomic E-state index is 0.0527. The van der Waals surface area contributed by atoms with Gasteiger partial charge in [-0.15, -0.1) is 10.2 Å². The first-order valence-electron chi connectivity index (χ1n) is 8.85. The van der Waals surface area contributed by atoms with E-state index in [2.05, 4.69) is 41.6 Å². The molecular weight excluding hydrogens is 348 g/mol. The van der Waals surface area contributed by atoms with Gasteiger partial charge < -0.3 is 10.6 Å². The second-order valence-corrected chi connectivity index (χ2v) is 8.61. The van der Waals surface area contributed by atoms with Gasteiger partial charge in [0.1, 0.15) is 5.01 Å². The molecule has 1 aromatic heterocycles. The van der Waals surface area contributed by atoms with Crippen molar-refractivity contribution in [1.29, 1.82) is 0 Å². The van der Waals surface area contributed by atoms with Crippen LogP contribution in [0.3, 0.4) is 0 Å². The maximum absolute atomic E-state index is 12.2. The van der Waals surface area contributed by atoms with Crippen molar-refractivity contribution in [2.75, 3.05) is 11.9 Å². The van der Waals surface area contributed by atoms with Crippen molar-refractivity contribution in [3.63, 3.8) is 0 Å². The summed E-state index contributed by atoms with van der Waals surface area (Å²) in [7, 11) is 0. The summed E-state index contributed by atoms with van der Waals surface area (Å²) in [6.45, 7) is 6.67. The van der Waals surface area contributed by atoms with E-state index in [1.807, 2.05) is 24.3 Å². The van der Waals surface area contributed by atoms with Crippen molar-refractivity contribution in [3.05, 3.63) is 40.4 Å². The van der Waals surface area contributed by atoms with Crippen LogP contribution in [0, 0.1) is 0 Å². The number of carbonyl (C=O) groups is 2. The number of nitrogens with one attached hydrogen (secondary N) is 2. The summed E-state index contributed by atoms with van der Waals surface area (Å²) < 4.78 is 0. The number of carbonyl (C=O) groups excluding carboxylic acids is 2. The highest BCUT2D eigenvalue weighted by atomic mass is 32.1. The molecule has 2 aromatic rings. The first-order chi connectivity index (χ1) is 12.3. The van der Waals surface area contributed by atoms with Gasteiger partial charge in [0.15, 0.2) is 0 Å². The van der Waals surface area contributed by atoms with Gasteiger partial charge in [0, 0.05) is 24.4 Å². The highest BCUT2D eigenvalue weighted by Crippen LogP contribution is 2.42. The van der Waals surface area contributed by atoms with Crippen LogP contribution in [-0.2, 0) is 10.2 Å². The molecular formula is C19H24N4O2S. The van der Waals surface area contributed by atoms with Crippen molar-refractivity contribution in [1.82, 2.24) is 15.5 Å². The molecule has 2 N–H and O–H groups in total. The van der Waals surface area contributed by atoms with Crippen molar-refractivity contribution in [2.24, 2.45) is 0 Å². The molecule has 0 unspecified atom stereocenters. The maximum atomic E-state index is 12.2. The molecule has 2 amide bonds. The topological polar surface area (TPSA) is 84.0 Å². The maximum Gasteiger partial charge on any atom is 0.251 e. The first kappa shape index (κ1) is 18.5. The zero-order chi connectivity index (χ0) is 18.7. The molecule has 26 heavy (non-hydrogen) atoms. The Morgan fingerprint density at radius 2 is 1.85 bits per heavy atom. The van der Waals surface area contributed by atoms with Crippen LogP contribution in [0.25, 0.3) is 0 Å². The van der Waals surface area contributed by atoms with Gasteiger partial charge in [-0.1, -0.05) is 44.2 Å². The Balaban J connectivity index is 1.43. The third-order valence-corrected chi connectivity index (χ3v) is 5.27. The molecule has 3 rings (SSSR count). The third-order valence-electron chi connectivity index (χ3n) is 4.26. The Hall–Kier alpha value is -2.28. The van der Waals surface area contributed by atoms with Crippen molar-refractivity contribution >= 4 is 28.3 Å². The van der Waals surface area contributed by atoms with Gasteiger partial charge >= 0.3 is 0 Å². The lowest BCUT2D eigenvalue weighted by molar-refractivity contribution is -0.116. The van der Waals surface area contributed by atoms with Crippen molar-refractivity contribution in [3.8, 4) is 0 Å². The van der Waals surface area contributed by atoms with E-state index in [1.165, 1.54) is 16.9 Å². The Labute approximate surface area is 157 Å². The average molecular weight is 372 g/mol. The Kier molecular flexibility index (Phi) is 5.36. The lowest BCUT2D eigenvalue weighted by Crippen LogP contribution is -2.27. The van der Waals surface area contributed by atoms with E-state index in [-0.39, 0.29) is 30.2 Å². The second-order valence-electron chi connectivity index (χ2n) is 7.60. The molecule has 0 aliphatic heterocycles. The fraction of sp³-hybridized carbons (Fsp3) is 0.474. The summed E-state index contributed by atoms with van der Waals surface area (Å²) in [6, 6.07) is 7.57. The normalized spacial score (nSPS) is 14.1. The molecule has 1 heterocycles. The zero-order valence-electron chi connectivity index (χ0n) is 15.3. The van der Waals surface area contributed by atoms with E-state index in [1.54, 1.807) is 0 Å². The highest BCUT2D eigenvalue weighted by Gasteiger charge is 2.27. The summed E-state index contributed by atoms with van der Waals surface area (Å²) in [5, 5.41) is 15.1. The monoisotopic (exact) mass is 372 g/mol. The van der Waals surface area contributed by atoms with Gasteiger partial charge in [-0.05, 0) is 36.0 Å². The zero-order valence-corrected chi connectivity index (χ0v) is 16.2. The van der Waals surface area contributed by atoms with Gasteiger partial charge in [-0.3, -0.25) is 9.59 Å². The molecule has 0 bridgehead atoms. The fourth-order valence-electron chi connectivity index (χ4n) is 2.48. The number of hydrogen-bond donors (Lipinski definition) is 2. The fourth-order valence-corrected chi connectivity index (χ4v) is 3.40. The smallest absolute Gasteiger partial charge is 0.251 e. The molecule has 6 nitrogen and oxygen atoms in total. The van der Waals surface area contributed by atoms with Gasteiger partial charge in [0.05, 0.1) is 0 Å². The van der Waals surface area contributed by atoms with Crippen LogP contribution >= 0.6 is 11.3 Å². The molecule has 0 saturated heterocycles. The lowest BCUT2D eigenvalue weighted by atomic mass is 9.87. The first-order valence-corrected chi connectivity index (χ1v) is 9.66. The van der Waals surface area contributed by atoms with E-state index in [9.17, 15) is 9.59 Å². The lowest BCUT2D eigenvalue weighted by Gasteiger charge is -2.19. The van der Waals surface area contributed by atoms with Crippen molar-refractivity contribution < 1.29 is 9.59 Å². The third kappa shape index (κ3) is 4.88. The molecule has 1 aliphatic carbocycles. The van der Waals surface area contributed by atoms with Gasteiger partial charge in [0.25, 0.3) is 5.91 Å². The minimum Gasteiger partial charge on any atom is -0.352 e. The summed E-state index contributed by atoms with van der Waals surface area (Å²) in [5.41, 5.74) is 1.82. The van der Waals surface area contributed by atoms with Crippen LogP contribution in [0.4, 0.5) is 5.13 Å². The van der Waals surface area contributed by atoms with Crippen LogP contribution in [0.2, 0.25) is 0 Å². The van der Waals surface area contributed by atoms with Crippen LogP contribution in [-0.4, -0.2) is 28.6 Å². The molecule has 1 fully saturated rings. The van der Waals surface area contributed by atoms with Crippen LogP contribution in [0.5, 0.6) is 0 Å². The number of aromatic nitrogens is 2. The van der Waals surface area contributed by atoms with Crippen LogP contribution < -0.4 is 10.6 Å². The number of amides is 2. The number of anilines is 1. The number of benzene rings is 1. The number of rotatable bonds is 6. The van der Waals surface area contributed by atoms with Crippen LogP contribution in [0.1, 0.15) is 66.9 Å². The number of nitrogens with zero attached hydrogens (tertiary/aromatic N) is 2.